The highest BCUT2D eigenvalue weighted by Gasteiger charge is 2.27. The van der Waals surface area contributed by atoms with Crippen molar-refractivity contribution < 1.29 is 28.6 Å². The number of halogens is 1. The maximum Gasteiger partial charge on any atom is 0.348 e. The number of thiophene rings is 1. The lowest BCUT2D eigenvalue weighted by Gasteiger charge is -2.17. The zero-order valence-corrected chi connectivity index (χ0v) is 25.0. The Kier molecular flexibility index (Phi) is 10.8. The molecule has 0 radical (unpaired) electrons. The average Bonchev–Trinajstić information content (AvgIpc) is 3.45. The van der Waals surface area contributed by atoms with Crippen LogP contribution in [0, 0.1) is 13.8 Å². The molecule has 2 heterocycles. The first-order valence-corrected chi connectivity index (χ1v) is 14.5. The minimum atomic E-state index is -0.620. The minimum Gasteiger partial charge on any atom is -0.482 e. The topological polar surface area (TPSA) is 122 Å². The zero-order valence-electron chi connectivity index (χ0n) is 22.6. The smallest absolute Gasteiger partial charge is 0.348 e. The van der Waals surface area contributed by atoms with Crippen LogP contribution < -0.4 is 10.1 Å². The van der Waals surface area contributed by atoms with Gasteiger partial charge >= 0.3 is 11.9 Å². The van der Waals surface area contributed by atoms with Gasteiger partial charge in [-0.15, -0.1) is 21.5 Å². The summed E-state index contributed by atoms with van der Waals surface area (Å²) in [6.45, 7) is 11.7. The average molecular weight is 595 g/mol. The van der Waals surface area contributed by atoms with E-state index in [-0.39, 0.29) is 40.3 Å². The third-order valence-corrected chi connectivity index (χ3v) is 7.93. The molecule has 3 rings (SSSR count). The molecule has 0 fully saturated rings. The predicted molar refractivity (Wildman–Crippen MR) is 151 cm³/mol. The number of aromatic nitrogens is 3. The molecule has 1 unspecified atom stereocenters. The Morgan fingerprint density at radius 3 is 2.44 bits per heavy atom. The molecule has 0 saturated carbocycles. The summed E-state index contributed by atoms with van der Waals surface area (Å²) in [7, 11) is 0. The van der Waals surface area contributed by atoms with Crippen LogP contribution in [0.3, 0.4) is 0 Å². The lowest BCUT2D eigenvalue weighted by atomic mass is 10.1. The molecule has 0 aliphatic rings. The predicted octanol–water partition coefficient (Wildman–Crippen LogP) is 5.85. The van der Waals surface area contributed by atoms with E-state index < -0.39 is 18.0 Å². The Morgan fingerprint density at radius 1 is 1.10 bits per heavy atom. The van der Waals surface area contributed by atoms with E-state index in [2.05, 4.69) is 15.5 Å². The van der Waals surface area contributed by atoms with Crippen LogP contribution in [0.1, 0.15) is 70.8 Å². The van der Waals surface area contributed by atoms with Gasteiger partial charge in [-0.1, -0.05) is 23.4 Å². The van der Waals surface area contributed by atoms with Crippen molar-refractivity contribution in [2.45, 2.75) is 59.3 Å². The van der Waals surface area contributed by atoms with Gasteiger partial charge in [-0.3, -0.25) is 4.79 Å². The first-order valence-electron chi connectivity index (χ1n) is 12.4. The fourth-order valence-electron chi connectivity index (χ4n) is 3.73. The molecule has 0 spiro atoms. The molecule has 1 amide bonds. The number of carbonyl (C=O) groups excluding carboxylic acids is 3. The number of rotatable bonds is 12. The van der Waals surface area contributed by atoms with Crippen molar-refractivity contribution in [3.63, 3.8) is 0 Å². The maximum atomic E-state index is 12.9. The molecule has 13 heteroatoms. The molecular formula is C26H31ClN4O6S2. The molecule has 210 valence electrons. The second kappa shape index (κ2) is 13.8. The normalized spacial score (nSPS) is 11.7. The highest BCUT2D eigenvalue weighted by atomic mass is 35.5. The third-order valence-electron chi connectivity index (χ3n) is 5.54. The van der Waals surface area contributed by atoms with Crippen LogP contribution in [0.15, 0.2) is 23.4 Å². The largest absolute Gasteiger partial charge is 0.482 e. The Labute approximate surface area is 240 Å². The van der Waals surface area contributed by atoms with Crippen molar-refractivity contribution in [3.05, 3.63) is 50.6 Å². The summed E-state index contributed by atoms with van der Waals surface area (Å²) in [4.78, 5) is 38.1. The van der Waals surface area contributed by atoms with Crippen molar-refractivity contribution in [3.8, 4) is 5.75 Å². The number of hydrogen-bond acceptors (Lipinski definition) is 10. The van der Waals surface area contributed by atoms with Gasteiger partial charge in [0.15, 0.2) is 17.1 Å². The van der Waals surface area contributed by atoms with Crippen molar-refractivity contribution in [1.82, 2.24) is 14.8 Å². The number of thioether (sulfide) groups is 1. The van der Waals surface area contributed by atoms with Gasteiger partial charge in [0, 0.05) is 11.6 Å². The van der Waals surface area contributed by atoms with Gasteiger partial charge < -0.3 is 24.1 Å². The number of ether oxygens (including phenoxy) is 3. The number of nitrogens with one attached hydrogen (secondary N) is 1. The van der Waals surface area contributed by atoms with Crippen LogP contribution >= 0.6 is 34.7 Å². The summed E-state index contributed by atoms with van der Waals surface area (Å²) >= 11 is 8.23. The lowest BCUT2D eigenvalue weighted by molar-refractivity contribution is -0.113. The third kappa shape index (κ3) is 7.31. The maximum absolute atomic E-state index is 12.9. The van der Waals surface area contributed by atoms with E-state index in [1.807, 2.05) is 37.5 Å². The van der Waals surface area contributed by atoms with Crippen LogP contribution in [-0.2, 0) is 20.8 Å². The lowest BCUT2D eigenvalue weighted by Crippen LogP contribution is -2.17. The van der Waals surface area contributed by atoms with Crippen LogP contribution in [0.5, 0.6) is 5.75 Å². The van der Waals surface area contributed by atoms with Gasteiger partial charge in [0.25, 0.3) is 0 Å². The van der Waals surface area contributed by atoms with Gasteiger partial charge in [-0.25, -0.2) is 9.59 Å². The number of benzene rings is 1. The van der Waals surface area contributed by atoms with Crippen LogP contribution in [0.2, 0.25) is 5.02 Å². The Hall–Kier alpha value is -3.09. The number of anilines is 1. The summed E-state index contributed by atoms with van der Waals surface area (Å²) in [5, 5.41) is 12.7. The first-order chi connectivity index (χ1) is 18.6. The Morgan fingerprint density at radius 2 is 1.79 bits per heavy atom. The molecule has 0 aliphatic heterocycles. The second-order valence-electron chi connectivity index (χ2n) is 8.29. The van der Waals surface area contributed by atoms with E-state index in [9.17, 15) is 14.4 Å². The van der Waals surface area contributed by atoms with Gasteiger partial charge in [0.2, 0.25) is 5.91 Å². The van der Waals surface area contributed by atoms with Gasteiger partial charge in [-0.05, 0) is 70.9 Å². The first kappa shape index (κ1) is 30.5. The molecule has 1 N–H and O–H groups in total. The van der Waals surface area contributed by atoms with E-state index in [1.165, 1.54) is 11.8 Å². The van der Waals surface area contributed by atoms with Crippen molar-refractivity contribution in [1.29, 1.82) is 0 Å². The summed E-state index contributed by atoms with van der Waals surface area (Å²) in [5.41, 5.74) is 1.45. The molecule has 0 saturated heterocycles. The fraction of sp³-hybridized carbons (Fsp3) is 0.423. The molecule has 1 aromatic carbocycles. The van der Waals surface area contributed by atoms with Crippen molar-refractivity contribution in [2.75, 3.05) is 24.3 Å². The molecule has 39 heavy (non-hydrogen) atoms. The molecular weight excluding hydrogens is 564 g/mol. The Balaban J connectivity index is 1.73. The van der Waals surface area contributed by atoms with E-state index in [0.29, 0.717) is 33.9 Å². The molecule has 0 aliphatic carbocycles. The second-order valence-corrected chi connectivity index (χ2v) is 10.7. The van der Waals surface area contributed by atoms with Gasteiger partial charge in [0.1, 0.15) is 15.6 Å². The molecule has 2 aromatic heterocycles. The van der Waals surface area contributed by atoms with Crippen LogP contribution in [-0.4, -0.2) is 51.6 Å². The van der Waals surface area contributed by atoms with Crippen molar-refractivity contribution in [2.24, 2.45) is 0 Å². The molecule has 0 bridgehead atoms. The summed E-state index contributed by atoms with van der Waals surface area (Å²) in [6, 6.07) is 5.40. The van der Waals surface area contributed by atoms with E-state index >= 15 is 0 Å². The number of esters is 2. The monoisotopic (exact) mass is 594 g/mol. The van der Waals surface area contributed by atoms with Crippen LogP contribution in [0.4, 0.5) is 5.00 Å². The highest BCUT2D eigenvalue weighted by Crippen LogP contribution is 2.35. The Bertz CT molecular complexity index is 1360. The molecule has 3 aromatic rings. The quantitative estimate of drug-likeness (QED) is 0.203. The number of carbonyl (C=O) groups is 3. The standard InChI is InChI=1S/C26H31ClN4O6S2/c1-7-31-22(16(6)37-18-11-10-17(27)12-14(18)4)29-30-26(31)38-13-19(32)28-23-20(24(33)35-8-2)15(5)21(39-23)25(34)36-9-3/h10-12,16H,7-9,13H2,1-6H3,(H,28,32). The SMILES string of the molecule is CCOC(=O)c1sc(NC(=O)CSc2nnc(C(C)Oc3ccc(Cl)cc3C)n2CC)c(C(=O)OCC)c1C. The van der Waals surface area contributed by atoms with Crippen LogP contribution in [0.25, 0.3) is 0 Å². The van der Waals surface area contributed by atoms with Gasteiger partial charge in [-0.2, -0.15) is 0 Å². The number of amides is 1. The fourth-order valence-corrected chi connectivity index (χ4v) is 5.87. The zero-order chi connectivity index (χ0) is 28.7. The summed E-state index contributed by atoms with van der Waals surface area (Å²) < 4.78 is 18.2. The van der Waals surface area contributed by atoms with Gasteiger partial charge in [0.05, 0.1) is 24.5 Å². The number of hydrogen-bond donors (Lipinski definition) is 1. The number of aryl methyl sites for hydroxylation is 1. The summed E-state index contributed by atoms with van der Waals surface area (Å²) in [6.07, 6.45) is -0.400. The van der Waals surface area contributed by atoms with E-state index in [1.54, 1.807) is 26.8 Å². The minimum absolute atomic E-state index is 0.00236. The van der Waals surface area contributed by atoms with E-state index in [0.717, 1.165) is 16.9 Å². The highest BCUT2D eigenvalue weighted by molar-refractivity contribution is 7.99. The molecule has 10 nitrogen and oxygen atoms in total. The van der Waals surface area contributed by atoms with E-state index in [4.69, 9.17) is 25.8 Å². The molecule has 1 atom stereocenters. The number of nitrogens with zero attached hydrogens (tertiary/aromatic N) is 3. The summed E-state index contributed by atoms with van der Waals surface area (Å²) in [5.74, 6) is -0.253. The van der Waals surface area contributed by atoms with Crippen molar-refractivity contribution >= 4 is 57.5 Å².